The topological polar surface area (TPSA) is 119 Å². The van der Waals surface area contributed by atoms with Crippen molar-refractivity contribution in [1.82, 2.24) is 14.9 Å². The number of anilines is 1. The number of nitrogens with zero attached hydrogens (tertiary/aromatic N) is 2. The summed E-state index contributed by atoms with van der Waals surface area (Å²) in [4.78, 5) is 55.0. The molecule has 174 valence electrons. The number of hydrogen-bond acceptors (Lipinski definition) is 6. The van der Waals surface area contributed by atoms with Crippen LogP contribution in [0.15, 0.2) is 45.7 Å². The molecule has 2 unspecified atom stereocenters. The number of carbonyl (C=O) groups excluding carboxylic acids is 3. The molecule has 10 heteroatoms. The summed E-state index contributed by atoms with van der Waals surface area (Å²) in [6.45, 7) is 2.05. The van der Waals surface area contributed by atoms with Crippen molar-refractivity contribution in [1.29, 1.82) is 0 Å². The van der Waals surface area contributed by atoms with Gasteiger partial charge < -0.3 is 10.1 Å². The number of hydrogen-bond donors (Lipinski definition) is 2. The van der Waals surface area contributed by atoms with Gasteiger partial charge in [0, 0.05) is 10.9 Å². The van der Waals surface area contributed by atoms with E-state index in [1.165, 1.54) is 4.57 Å². The van der Waals surface area contributed by atoms with Crippen molar-refractivity contribution in [2.24, 2.45) is 0 Å². The van der Waals surface area contributed by atoms with Crippen molar-refractivity contribution >= 4 is 50.2 Å². The second-order valence-electron chi connectivity index (χ2n) is 8.34. The maximum Gasteiger partial charge on any atom is 0.262 e. The lowest BCUT2D eigenvalue weighted by molar-refractivity contribution is -0.136. The van der Waals surface area contributed by atoms with Gasteiger partial charge in [0.1, 0.15) is 17.4 Å². The monoisotopic (exact) mass is 524 g/mol. The van der Waals surface area contributed by atoms with E-state index < -0.39 is 23.6 Å². The van der Waals surface area contributed by atoms with E-state index in [4.69, 9.17) is 4.74 Å². The van der Waals surface area contributed by atoms with Crippen LogP contribution in [0.4, 0.5) is 5.69 Å². The lowest BCUT2D eigenvalue weighted by atomic mass is 9.97. The molecule has 3 heterocycles. The minimum atomic E-state index is -0.814. The highest BCUT2D eigenvalue weighted by molar-refractivity contribution is 9.10. The Bertz CT molecular complexity index is 1420. The lowest BCUT2D eigenvalue weighted by Gasteiger charge is -2.26. The van der Waals surface area contributed by atoms with Crippen LogP contribution in [0.5, 0.6) is 0 Å². The number of carbonyl (C=O) groups is 3. The fourth-order valence-electron chi connectivity index (χ4n) is 4.55. The Morgan fingerprint density at radius 3 is 2.82 bits per heavy atom. The summed E-state index contributed by atoms with van der Waals surface area (Å²) in [5, 5.41) is 5.41. The molecule has 5 rings (SSSR count). The molecule has 1 fully saturated rings. The molecule has 3 aromatic rings. The second kappa shape index (κ2) is 8.77. The number of aryl methyl sites for hydroxylation is 1. The molecule has 0 bridgehead atoms. The van der Waals surface area contributed by atoms with Gasteiger partial charge in [-0.2, -0.15) is 0 Å². The average Bonchev–Trinajstić information content (AvgIpc) is 2.80. The number of amides is 3. The highest BCUT2D eigenvalue weighted by Gasteiger charge is 2.31. The van der Waals surface area contributed by atoms with Gasteiger partial charge in [-0.1, -0.05) is 28.1 Å². The SMILES string of the molecule is Cc1nc2c(NC(=O)C3OCCc4ccc(Br)cc43)cccc2c(=O)n1C1CCC(=O)NC1=O. The normalized spacial score (nSPS) is 20.1. The first-order valence-corrected chi connectivity index (χ1v) is 11.7. The van der Waals surface area contributed by atoms with Gasteiger partial charge in [-0.15, -0.1) is 0 Å². The van der Waals surface area contributed by atoms with Crippen molar-refractivity contribution in [3.8, 4) is 0 Å². The Morgan fingerprint density at radius 2 is 2.03 bits per heavy atom. The molecular weight excluding hydrogens is 504 g/mol. The summed E-state index contributed by atoms with van der Waals surface area (Å²) >= 11 is 3.45. The summed E-state index contributed by atoms with van der Waals surface area (Å²) in [6, 6.07) is 9.90. The van der Waals surface area contributed by atoms with Gasteiger partial charge in [0.05, 0.1) is 17.7 Å². The molecule has 0 radical (unpaired) electrons. The van der Waals surface area contributed by atoms with Crippen LogP contribution < -0.4 is 16.2 Å². The summed E-state index contributed by atoms with van der Waals surface area (Å²) in [6.07, 6.45) is 0.307. The zero-order valence-corrected chi connectivity index (χ0v) is 19.8. The zero-order chi connectivity index (χ0) is 24.0. The summed E-state index contributed by atoms with van der Waals surface area (Å²) in [5.41, 5.74) is 2.14. The van der Waals surface area contributed by atoms with Gasteiger partial charge >= 0.3 is 0 Å². The quantitative estimate of drug-likeness (QED) is 0.508. The van der Waals surface area contributed by atoms with Crippen LogP contribution in [0, 0.1) is 6.92 Å². The number of aromatic nitrogens is 2. The number of rotatable bonds is 3. The number of imide groups is 1. The third-order valence-corrected chi connectivity index (χ3v) is 6.66. The molecule has 1 aromatic heterocycles. The first-order valence-electron chi connectivity index (χ1n) is 10.9. The van der Waals surface area contributed by atoms with Crippen LogP contribution in [0.1, 0.15) is 41.9 Å². The fourth-order valence-corrected chi connectivity index (χ4v) is 4.93. The van der Waals surface area contributed by atoms with E-state index in [0.29, 0.717) is 23.6 Å². The molecular formula is C24H21BrN4O5. The molecule has 3 amide bonds. The van der Waals surface area contributed by atoms with Crippen LogP contribution in [0.25, 0.3) is 10.9 Å². The van der Waals surface area contributed by atoms with E-state index in [1.54, 1.807) is 25.1 Å². The predicted octanol–water partition coefficient (Wildman–Crippen LogP) is 2.70. The minimum Gasteiger partial charge on any atom is -0.363 e. The van der Waals surface area contributed by atoms with Crippen molar-refractivity contribution in [3.05, 3.63) is 68.2 Å². The molecule has 0 spiro atoms. The molecule has 2 aliphatic heterocycles. The highest BCUT2D eigenvalue weighted by atomic mass is 79.9. The van der Waals surface area contributed by atoms with E-state index in [1.807, 2.05) is 18.2 Å². The largest absolute Gasteiger partial charge is 0.363 e. The number of benzene rings is 2. The number of para-hydroxylation sites is 1. The van der Waals surface area contributed by atoms with E-state index in [9.17, 15) is 19.2 Å². The third kappa shape index (κ3) is 3.92. The smallest absolute Gasteiger partial charge is 0.262 e. The van der Waals surface area contributed by atoms with E-state index in [0.717, 1.165) is 22.0 Å². The number of ether oxygens (including phenoxy) is 1. The summed E-state index contributed by atoms with van der Waals surface area (Å²) < 4.78 is 7.95. The molecule has 2 atom stereocenters. The molecule has 2 aliphatic rings. The van der Waals surface area contributed by atoms with Crippen LogP contribution in [0.2, 0.25) is 0 Å². The highest BCUT2D eigenvalue weighted by Crippen LogP contribution is 2.31. The standard InChI is InChI=1S/C24H21BrN4O5/c1-12-26-20-15(24(33)29(12)18-7-8-19(30)28-22(18)31)3-2-4-17(20)27-23(32)21-16-11-14(25)6-5-13(16)9-10-34-21/h2-6,11,18,21H,7-10H2,1H3,(H,27,32)(H,28,30,31). The Labute approximate surface area is 202 Å². The predicted molar refractivity (Wildman–Crippen MR) is 127 cm³/mol. The Kier molecular flexibility index (Phi) is 5.78. The van der Waals surface area contributed by atoms with Crippen LogP contribution in [0.3, 0.4) is 0 Å². The van der Waals surface area contributed by atoms with Crippen molar-refractivity contribution in [2.45, 2.75) is 38.3 Å². The Morgan fingerprint density at radius 1 is 1.21 bits per heavy atom. The number of halogens is 1. The van der Waals surface area contributed by atoms with Crippen molar-refractivity contribution < 1.29 is 19.1 Å². The molecule has 1 saturated heterocycles. The molecule has 0 aliphatic carbocycles. The van der Waals surface area contributed by atoms with E-state index in [2.05, 4.69) is 31.5 Å². The van der Waals surface area contributed by atoms with Gasteiger partial charge in [0.15, 0.2) is 6.10 Å². The molecule has 9 nitrogen and oxygen atoms in total. The van der Waals surface area contributed by atoms with Crippen LogP contribution >= 0.6 is 15.9 Å². The fraction of sp³-hybridized carbons (Fsp3) is 0.292. The van der Waals surface area contributed by atoms with Crippen molar-refractivity contribution in [2.75, 3.05) is 11.9 Å². The van der Waals surface area contributed by atoms with Gasteiger partial charge in [0.25, 0.3) is 11.5 Å². The Balaban J connectivity index is 1.51. The van der Waals surface area contributed by atoms with Gasteiger partial charge in [0.2, 0.25) is 11.8 Å². The van der Waals surface area contributed by atoms with Gasteiger partial charge in [-0.3, -0.25) is 29.1 Å². The summed E-state index contributed by atoms with van der Waals surface area (Å²) in [5.74, 6) is -0.923. The second-order valence-corrected chi connectivity index (χ2v) is 9.25. The maximum absolute atomic E-state index is 13.3. The van der Waals surface area contributed by atoms with Gasteiger partial charge in [-0.25, -0.2) is 4.98 Å². The minimum absolute atomic E-state index is 0.148. The number of piperidine rings is 1. The average molecular weight is 525 g/mol. The van der Waals surface area contributed by atoms with E-state index in [-0.39, 0.29) is 30.0 Å². The Hall–Kier alpha value is -3.37. The maximum atomic E-state index is 13.3. The molecule has 2 N–H and O–H groups in total. The first-order chi connectivity index (χ1) is 16.3. The lowest BCUT2D eigenvalue weighted by Crippen LogP contribution is -2.45. The van der Waals surface area contributed by atoms with E-state index >= 15 is 0 Å². The zero-order valence-electron chi connectivity index (χ0n) is 18.3. The molecule has 0 saturated carbocycles. The van der Waals surface area contributed by atoms with Crippen molar-refractivity contribution in [3.63, 3.8) is 0 Å². The number of fused-ring (bicyclic) bond motifs is 2. The molecule has 2 aromatic carbocycles. The first kappa shape index (κ1) is 22.4. The summed E-state index contributed by atoms with van der Waals surface area (Å²) in [7, 11) is 0. The van der Waals surface area contributed by atoms with Crippen LogP contribution in [-0.4, -0.2) is 33.9 Å². The van der Waals surface area contributed by atoms with Gasteiger partial charge in [-0.05, 0) is 55.2 Å². The third-order valence-electron chi connectivity index (χ3n) is 6.17. The van der Waals surface area contributed by atoms with Crippen LogP contribution in [-0.2, 0) is 25.5 Å². The number of nitrogens with one attached hydrogen (secondary N) is 2. The molecule has 34 heavy (non-hydrogen) atoms.